The van der Waals surface area contributed by atoms with Crippen LogP contribution < -0.4 is 4.90 Å². The van der Waals surface area contributed by atoms with E-state index in [2.05, 4.69) is 38.7 Å². The number of carbonyl (C=O) groups excluding carboxylic acids is 1. The number of hydrogen-bond donors (Lipinski definition) is 0. The standard InChI is InChI=1S/C31H35ClF3NO/c1-20(2)14-15-36(28-12-10-27(32)11-13-28)29-18-24(23-6-8-26(9-7-23)31(33,34)35)17-25(19-29)30(22(5)37)16-21(3)4/h6-13,17-21,30H,14-16H2,1-5H3. The van der Waals surface area contributed by atoms with Gasteiger partial charge in [0.25, 0.3) is 0 Å². The summed E-state index contributed by atoms with van der Waals surface area (Å²) in [5, 5.41) is 0.639. The van der Waals surface area contributed by atoms with E-state index in [1.807, 2.05) is 36.4 Å². The molecule has 0 spiro atoms. The van der Waals surface area contributed by atoms with E-state index in [4.69, 9.17) is 11.6 Å². The Hall–Kier alpha value is -2.79. The van der Waals surface area contributed by atoms with Crippen LogP contribution in [0.1, 0.15) is 64.5 Å². The Labute approximate surface area is 223 Å². The van der Waals surface area contributed by atoms with Gasteiger partial charge in [0.05, 0.1) is 5.56 Å². The smallest absolute Gasteiger partial charge is 0.341 e. The van der Waals surface area contributed by atoms with Gasteiger partial charge in [0.15, 0.2) is 0 Å². The highest BCUT2D eigenvalue weighted by atomic mass is 35.5. The molecule has 0 aromatic heterocycles. The molecule has 0 aliphatic heterocycles. The molecular formula is C31H35ClF3NO. The van der Waals surface area contributed by atoms with Crippen LogP contribution in [0.15, 0.2) is 66.7 Å². The lowest BCUT2D eigenvalue weighted by molar-refractivity contribution is -0.137. The molecule has 3 rings (SSSR count). The molecule has 0 fully saturated rings. The molecule has 3 aromatic rings. The number of nitrogens with zero attached hydrogens (tertiary/aromatic N) is 1. The molecule has 0 bridgehead atoms. The SMILES string of the molecule is CC(=O)C(CC(C)C)c1cc(-c2ccc(C(F)(F)F)cc2)cc(N(CCC(C)C)c2ccc(Cl)cc2)c1. The maximum atomic E-state index is 13.2. The van der Waals surface area contributed by atoms with Gasteiger partial charge >= 0.3 is 6.18 Å². The summed E-state index contributed by atoms with van der Waals surface area (Å²) in [6.07, 6.45) is -2.77. The number of hydrogen-bond acceptors (Lipinski definition) is 2. The van der Waals surface area contributed by atoms with E-state index in [0.717, 1.165) is 47.6 Å². The second-order valence-electron chi connectivity index (χ2n) is 10.5. The van der Waals surface area contributed by atoms with Crippen LogP contribution >= 0.6 is 11.6 Å². The molecule has 0 amide bonds. The van der Waals surface area contributed by atoms with Crippen molar-refractivity contribution in [3.63, 3.8) is 0 Å². The van der Waals surface area contributed by atoms with Crippen molar-refractivity contribution in [2.24, 2.45) is 11.8 Å². The second kappa shape index (κ2) is 12.2. The van der Waals surface area contributed by atoms with Crippen molar-refractivity contribution in [2.45, 2.75) is 59.6 Å². The number of halogens is 4. The lowest BCUT2D eigenvalue weighted by Gasteiger charge is -2.28. The second-order valence-corrected chi connectivity index (χ2v) is 10.9. The molecule has 37 heavy (non-hydrogen) atoms. The fraction of sp³-hybridized carbons (Fsp3) is 0.387. The normalized spacial score (nSPS) is 12.7. The summed E-state index contributed by atoms with van der Waals surface area (Å²) >= 11 is 6.15. The maximum Gasteiger partial charge on any atom is 0.416 e. The third-order valence-corrected chi connectivity index (χ3v) is 6.72. The average molecular weight is 530 g/mol. The van der Waals surface area contributed by atoms with E-state index in [-0.39, 0.29) is 11.7 Å². The van der Waals surface area contributed by atoms with Crippen LogP contribution in [0.25, 0.3) is 11.1 Å². The molecule has 6 heteroatoms. The van der Waals surface area contributed by atoms with Gasteiger partial charge < -0.3 is 4.90 Å². The number of Topliss-reactive ketones (excluding diaryl/α,β-unsaturated/α-hetero) is 1. The monoisotopic (exact) mass is 529 g/mol. The Morgan fingerprint density at radius 1 is 0.838 bits per heavy atom. The van der Waals surface area contributed by atoms with Gasteiger partial charge in [0.1, 0.15) is 5.78 Å². The van der Waals surface area contributed by atoms with Crippen molar-refractivity contribution in [3.8, 4) is 11.1 Å². The Bertz CT molecular complexity index is 1180. The molecule has 1 atom stereocenters. The molecule has 0 aliphatic carbocycles. The maximum absolute atomic E-state index is 13.2. The Morgan fingerprint density at radius 2 is 1.46 bits per heavy atom. The zero-order valence-corrected chi connectivity index (χ0v) is 22.8. The van der Waals surface area contributed by atoms with E-state index in [9.17, 15) is 18.0 Å². The molecule has 0 radical (unpaired) electrons. The number of alkyl halides is 3. The minimum absolute atomic E-state index is 0.0736. The highest BCUT2D eigenvalue weighted by molar-refractivity contribution is 6.30. The quantitative estimate of drug-likeness (QED) is 0.260. The van der Waals surface area contributed by atoms with Crippen molar-refractivity contribution in [1.82, 2.24) is 0 Å². The number of rotatable bonds is 10. The van der Waals surface area contributed by atoms with E-state index >= 15 is 0 Å². The molecule has 198 valence electrons. The summed E-state index contributed by atoms with van der Waals surface area (Å²) in [5.74, 6) is 0.549. The molecule has 0 aliphatic rings. The van der Waals surface area contributed by atoms with Crippen molar-refractivity contribution in [1.29, 1.82) is 0 Å². The lowest BCUT2D eigenvalue weighted by Crippen LogP contribution is -2.21. The van der Waals surface area contributed by atoms with Crippen LogP contribution in [0.5, 0.6) is 0 Å². The first-order chi connectivity index (χ1) is 17.3. The van der Waals surface area contributed by atoms with Crippen LogP contribution in [0.2, 0.25) is 5.02 Å². The van der Waals surface area contributed by atoms with Crippen LogP contribution in [-0.4, -0.2) is 12.3 Å². The molecular weight excluding hydrogens is 495 g/mol. The Morgan fingerprint density at radius 3 is 1.97 bits per heavy atom. The van der Waals surface area contributed by atoms with Gasteiger partial charge in [-0.15, -0.1) is 0 Å². The highest BCUT2D eigenvalue weighted by Crippen LogP contribution is 2.37. The van der Waals surface area contributed by atoms with Crippen LogP contribution in [-0.2, 0) is 11.0 Å². The summed E-state index contributed by atoms with van der Waals surface area (Å²) in [7, 11) is 0. The first-order valence-electron chi connectivity index (χ1n) is 12.7. The Kier molecular flexibility index (Phi) is 9.46. The molecule has 0 N–H and O–H groups in total. The first kappa shape index (κ1) is 28.8. The molecule has 0 heterocycles. The molecule has 3 aromatic carbocycles. The van der Waals surface area contributed by atoms with Gasteiger partial charge in [-0.2, -0.15) is 13.2 Å². The van der Waals surface area contributed by atoms with Crippen molar-refractivity contribution in [3.05, 3.63) is 82.9 Å². The fourth-order valence-corrected chi connectivity index (χ4v) is 4.56. The summed E-state index contributed by atoms with van der Waals surface area (Å²) in [4.78, 5) is 14.9. The van der Waals surface area contributed by atoms with Gasteiger partial charge in [0, 0.05) is 28.9 Å². The van der Waals surface area contributed by atoms with Crippen molar-refractivity contribution >= 4 is 28.8 Å². The van der Waals surface area contributed by atoms with Crippen molar-refractivity contribution < 1.29 is 18.0 Å². The van der Waals surface area contributed by atoms with Crippen LogP contribution in [0, 0.1) is 11.8 Å². The third kappa shape index (κ3) is 7.85. The van der Waals surface area contributed by atoms with Gasteiger partial charge in [-0.25, -0.2) is 0 Å². The molecule has 0 saturated heterocycles. The number of ketones is 1. The van der Waals surface area contributed by atoms with E-state index < -0.39 is 11.7 Å². The number of anilines is 2. The number of benzene rings is 3. The summed E-state index contributed by atoms with van der Waals surface area (Å²) < 4.78 is 39.6. The average Bonchev–Trinajstić information content (AvgIpc) is 2.82. The zero-order valence-electron chi connectivity index (χ0n) is 22.1. The van der Waals surface area contributed by atoms with Crippen LogP contribution in [0.3, 0.4) is 0 Å². The topological polar surface area (TPSA) is 20.3 Å². The fourth-order valence-electron chi connectivity index (χ4n) is 4.43. The zero-order chi connectivity index (χ0) is 27.3. The van der Waals surface area contributed by atoms with E-state index in [1.54, 1.807) is 6.92 Å². The lowest BCUT2D eigenvalue weighted by atomic mass is 9.85. The summed E-state index contributed by atoms with van der Waals surface area (Å²) in [6.45, 7) is 10.8. The molecule has 0 saturated carbocycles. The van der Waals surface area contributed by atoms with Gasteiger partial charge in [-0.3, -0.25) is 4.79 Å². The first-order valence-corrected chi connectivity index (χ1v) is 13.1. The molecule has 2 nitrogen and oxygen atoms in total. The Balaban J connectivity index is 2.19. The van der Waals surface area contributed by atoms with Gasteiger partial charge in [-0.05, 0) is 96.8 Å². The third-order valence-electron chi connectivity index (χ3n) is 6.47. The predicted molar refractivity (Wildman–Crippen MR) is 148 cm³/mol. The largest absolute Gasteiger partial charge is 0.416 e. The summed E-state index contributed by atoms with van der Waals surface area (Å²) in [6, 6.07) is 18.8. The van der Waals surface area contributed by atoms with Gasteiger partial charge in [-0.1, -0.05) is 57.5 Å². The highest BCUT2D eigenvalue weighted by Gasteiger charge is 2.30. The van der Waals surface area contributed by atoms with Crippen molar-refractivity contribution in [2.75, 3.05) is 11.4 Å². The molecule has 1 unspecified atom stereocenters. The predicted octanol–water partition coefficient (Wildman–Crippen LogP) is 9.93. The minimum Gasteiger partial charge on any atom is -0.341 e. The van der Waals surface area contributed by atoms with E-state index in [0.29, 0.717) is 28.8 Å². The number of carbonyl (C=O) groups is 1. The minimum atomic E-state index is -4.40. The van der Waals surface area contributed by atoms with E-state index in [1.165, 1.54) is 12.1 Å². The van der Waals surface area contributed by atoms with Gasteiger partial charge in [0.2, 0.25) is 0 Å². The van der Waals surface area contributed by atoms with Crippen LogP contribution in [0.4, 0.5) is 24.5 Å². The summed E-state index contributed by atoms with van der Waals surface area (Å²) in [5.41, 5.74) is 3.49.